The number of rotatable bonds is 4. The molecule has 2 aromatic rings. The molecule has 0 aliphatic rings. The predicted molar refractivity (Wildman–Crippen MR) is 85.1 cm³/mol. The number of carbonyl (C=O) groups is 2. The molecule has 0 aliphatic carbocycles. The maximum absolute atomic E-state index is 11.8. The Bertz CT molecular complexity index is 721. The molecule has 2 rings (SSSR count). The van der Waals surface area contributed by atoms with Crippen LogP contribution >= 0.6 is 22.9 Å². The van der Waals surface area contributed by atoms with Crippen LogP contribution in [-0.2, 0) is 4.79 Å². The molecule has 108 valence electrons. The Morgan fingerprint density at radius 3 is 2.62 bits per heavy atom. The summed E-state index contributed by atoms with van der Waals surface area (Å²) in [5.74, 6) is -1.28. The Morgan fingerprint density at radius 1 is 1.29 bits per heavy atom. The van der Waals surface area contributed by atoms with Gasteiger partial charge in [-0.15, -0.1) is 11.3 Å². The van der Waals surface area contributed by atoms with Crippen LogP contribution in [-0.4, -0.2) is 17.0 Å². The molecular weight excluding hydrogens is 310 g/mol. The molecule has 2 N–H and O–H groups in total. The number of aromatic carboxylic acids is 1. The second-order valence-electron chi connectivity index (χ2n) is 4.30. The van der Waals surface area contributed by atoms with Gasteiger partial charge in [-0.2, -0.15) is 0 Å². The van der Waals surface area contributed by atoms with E-state index in [9.17, 15) is 9.59 Å². The van der Waals surface area contributed by atoms with Gasteiger partial charge >= 0.3 is 5.97 Å². The molecule has 6 heteroatoms. The van der Waals surface area contributed by atoms with Crippen LogP contribution in [0.1, 0.15) is 20.8 Å². The molecule has 1 heterocycles. The minimum absolute atomic E-state index is 0.189. The zero-order valence-corrected chi connectivity index (χ0v) is 12.7. The number of halogens is 1. The molecule has 0 fully saturated rings. The van der Waals surface area contributed by atoms with E-state index in [1.54, 1.807) is 25.1 Å². The molecule has 0 bridgehead atoms. The number of carboxylic acids is 1. The van der Waals surface area contributed by atoms with Crippen molar-refractivity contribution in [3.8, 4) is 0 Å². The topological polar surface area (TPSA) is 66.4 Å². The van der Waals surface area contributed by atoms with E-state index < -0.39 is 5.97 Å². The molecule has 0 aliphatic heterocycles. The number of thiophene rings is 1. The van der Waals surface area contributed by atoms with Gasteiger partial charge in [0.2, 0.25) is 5.91 Å². The van der Waals surface area contributed by atoms with Crippen LogP contribution in [0.15, 0.2) is 36.4 Å². The average Bonchev–Trinajstić information content (AvgIpc) is 2.84. The van der Waals surface area contributed by atoms with Gasteiger partial charge in [-0.1, -0.05) is 11.6 Å². The second-order valence-corrected chi connectivity index (χ2v) is 6.05. The summed E-state index contributed by atoms with van der Waals surface area (Å²) >= 11 is 7.18. The molecule has 0 atom stereocenters. The van der Waals surface area contributed by atoms with Crippen molar-refractivity contribution in [3.63, 3.8) is 0 Å². The number of amides is 1. The van der Waals surface area contributed by atoms with E-state index in [-0.39, 0.29) is 11.5 Å². The summed E-state index contributed by atoms with van der Waals surface area (Å²) in [5, 5.41) is 11.6. The molecule has 21 heavy (non-hydrogen) atoms. The Hall–Kier alpha value is -2.11. The fraction of sp³-hybridized carbons (Fsp3) is 0.0667. The summed E-state index contributed by atoms with van der Waals surface area (Å²) in [4.78, 5) is 23.5. The second kappa shape index (κ2) is 6.56. The van der Waals surface area contributed by atoms with Gasteiger partial charge in [0.05, 0.1) is 9.90 Å². The summed E-state index contributed by atoms with van der Waals surface area (Å²) in [5.41, 5.74) is 1.46. The Morgan fingerprint density at radius 2 is 2.05 bits per heavy atom. The number of anilines is 1. The Kier molecular flexibility index (Phi) is 4.77. The standard InChI is InChI=1S/C15H12ClNO3S/c1-9-8-10(15(19)20)2-5-12(9)17-14(18)7-4-11-3-6-13(16)21-11/h2-8H,1H3,(H,17,18)(H,19,20)/b7-4+. The fourth-order valence-corrected chi connectivity index (χ4v) is 2.65. The summed E-state index contributed by atoms with van der Waals surface area (Å²) in [6, 6.07) is 8.13. The Labute approximate surface area is 130 Å². The molecule has 0 unspecified atom stereocenters. The number of carboxylic acid groups (broad SMARTS) is 1. The fourth-order valence-electron chi connectivity index (χ4n) is 1.69. The molecule has 1 aromatic heterocycles. The van der Waals surface area contributed by atoms with E-state index in [0.717, 1.165) is 4.88 Å². The maximum Gasteiger partial charge on any atom is 0.335 e. The van der Waals surface area contributed by atoms with Crippen LogP contribution in [0.4, 0.5) is 5.69 Å². The van der Waals surface area contributed by atoms with E-state index in [1.807, 2.05) is 6.07 Å². The highest BCUT2D eigenvalue weighted by atomic mass is 35.5. The number of hydrogen-bond donors (Lipinski definition) is 2. The number of hydrogen-bond acceptors (Lipinski definition) is 3. The van der Waals surface area contributed by atoms with Gasteiger partial charge in [0, 0.05) is 16.6 Å². The summed E-state index contributed by atoms with van der Waals surface area (Å²) in [6.45, 7) is 1.74. The van der Waals surface area contributed by atoms with Crippen LogP contribution in [0.2, 0.25) is 4.34 Å². The first-order chi connectivity index (χ1) is 9.95. The first-order valence-corrected chi connectivity index (χ1v) is 7.23. The maximum atomic E-state index is 11.8. The zero-order chi connectivity index (χ0) is 15.4. The highest BCUT2D eigenvalue weighted by Crippen LogP contribution is 2.22. The largest absolute Gasteiger partial charge is 0.478 e. The van der Waals surface area contributed by atoms with Gasteiger partial charge in [0.25, 0.3) is 0 Å². The predicted octanol–water partition coefficient (Wildman–Crippen LogP) is 4.06. The first kappa shape index (κ1) is 15.3. The molecule has 0 saturated carbocycles. The van der Waals surface area contributed by atoms with Gasteiger partial charge in [0.15, 0.2) is 0 Å². The van der Waals surface area contributed by atoms with E-state index in [0.29, 0.717) is 15.6 Å². The van der Waals surface area contributed by atoms with Crippen molar-refractivity contribution in [1.29, 1.82) is 0 Å². The smallest absolute Gasteiger partial charge is 0.335 e. The van der Waals surface area contributed by atoms with Gasteiger partial charge in [-0.25, -0.2) is 4.79 Å². The van der Waals surface area contributed by atoms with Crippen molar-refractivity contribution in [1.82, 2.24) is 0 Å². The van der Waals surface area contributed by atoms with Crippen LogP contribution in [0, 0.1) is 6.92 Å². The number of benzene rings is 1. The minimum atomic E-state index is -0.995. The van der Waals surface area contributed by atoms with Crippen molar-refractivity contribution in [2.24, 2.45) is 0 Å². The van der Waals surface area contributed by atoms with Gasteiger partial charge in [0.1, 0.15) is 0 Å². The third kappa shape index (κ3) is 4.18. The lowest BCUT2D eigenvalue weighted by atomic mass is 10.1. The normalized spacial score (nSPS) is 10.8. The summed E-state index contributed by atoms with van der Waals surface area (Å²) in [7, 11) is 0. The van der Waals surface area contributed by atoms with Crippen molar-refractivity contribution < 1.29 is 14.7 Å². The molecule has 0 radical (unpaired) electrons. The Balaban J connectivity index is 2.06. The molecule has 0 saturated heterocycles. The molecule has 4 nitrogen and oxygen atoms in total. The van der Waals surface area contributed by atoms with Crippen molar-refractivity contribution in [2.75, 3.05) is 5.32 Å². The highest BCUT2D eigenvalue weighted by molar-refractivity contribution is 7.17. The van der Waals surface area contributed by atoms with Gasteiger partial charge in [-0.05, 0) is 48.9 Å². The molecule has 0 spiro atoms. The SMILES string of the molecule is Cc1cc(C(=O)O)ccc1NC(=O)/C=C/c1ccc(Cl)s1. The molecular formula is C15H12ClNO3S. The molecule has 1 aromatic carbocycles. The monoisotopic (exact) mass is 321 g/mol. The van der Waals surface area contributed by atoms with E-state index in [4.69, 9.17) is 16.7 Å². The third-order valence-corrected chi connectivity index (χ3v) is 3.92. The van der Waals surface area contributed by atoms with Gasteiger partial charge < -0.3 is 10.4 Å². The quantitative estimate of drug-likeness (QED) is 0.834. The number of aryl methyl sites for hydroxylation is 1. The summed E-state index contributed by atoms with van der Waals surface area (Å²) < 4.78 is 0.662. The number of nitrogens with one attached hydrogen (secondary N) is 1. The van der Waals surface area contributed by atoms with Crippen molar-refractivity contribution >= 4 is 46.6 Å². The van der Waals surface area contributed by atoms with Crippen LogP contribution < -0.4 is 5.32 Å². The number of carbonyl (C=O) groups excluding carboxylic acids is 1. The summed E-state index contributed by atoms with van der Waals surface area (Å²) in [6.07, 6.45) is 3.08. The van der Waals surface area contributed by atoms with Crippen molar-refractivity contribution in [3.05, 3.63) is 56.7 Å². The third-order valence-electron chi connectivity index (χ3n) is 2.72. The average molecular weight is 322 g/mol. The van der Waals surface area contributed by atoms with Crippen molar-refractivity contribution in [2.45, 2.75) is 6.92 Å². The minimum Gasteiger partial charge on any atom is -0.478 e. The van der Waals surface area contributed by atoms with Crippen LogP contribution in [0.5, 0.6) is 0 Å². The zero-order valence-electron chi connectivity index (χ0n) is 11.1. The van der Waals surface area contributed by atoms with Crippen LogP contribution in [0.25, 0.3) is 6.08 Å². The van der Waals surface area contributed by atoms with Gasteiger partial charge in [-0.3, -0.25) is 4.79 Å². The van der Waals surface area contributed by atoms with E-state index >= 15 is 0 Å². The lowest BCUT2D eigenvalue weighted by Gasteiger charge is -2.07. The molecule has 1 amide bonds. The lowest BCUT2D eigenvalue weighted by Crippen LogP contribution is -2.09. The van der Waals surface area contributed by atoms with E-state index in [1.165, 1.54) is 29.5 Å². The lowest BCUT2D eigenvalue weighted by molar-refractivity contribution is -0.111. The highest BCUT2D eigenvalue weighted by Gasteiger charge is 2.07. The van der Waals surface area contributed by atoms with Crippen LogP contribution in [0.3, 0.4) is 0 Å². The first-order valence-electron chi connectivity index (χ1n) is 6.04. The van der Waals surface area contributed by atoms with E-state index in [2.05, 4.69) is 5.32 Å².